The van der Waals surface area contributed by atoms with E-state index in [1.54, 1.807) is 12.1 Å². The van der Waals surface area contributed by atoms with Crippen LogP contribution in [0.25, 0.3) is 0 Å². The zero-order valence-electron chi connectivity index (χ0n) is 7.51. The Labute approximate surface area is 84.5 Å². The molecule has 1 nitrogen and oxygen atoms in total. The molecule has 78 valence electrons. The number of hydrogen-bond acceptors (Lipinski definition) is 2. The summed E-state index contributed by atoms with van der Waals surface area (Å²) in [6.45, 7) is 0. The standard InChI is InChI=1S/C9H10F3NS/c1-14-7-4-2-6(3-5-7)8(13)9(10,11)12/h2-5,8H,13H2,1H3/t8-/m1/s1. The molecule has 0 aliphatic carbocycles. The van der Waals surface area contributed by atoms with Gasteiger partial charge in [0.25, 0.3) is 0 Å². The van der Waals surface area contributed by atoms with Crippen LogP contribution in [0.5, 0.6) is 0 Å². The van der Waals surface area contributed by atoms with Crippen molar-refractivity contribution in [2.24, 2.45) is 5.73 Å². The molecule has 0 radical (unpaired) electrons. The van der Waals surface area contributed by atoms with E-state index >= 15 is 0 Å². The number of alkyl halides is 3. The van der Waals surface area contributed by atoms with Crippen LogP contribution in [-0.4, -0.2) is 12.4 Å². The summed E-state index contributed by atoms with van der Waals surface area (Å²) in [4.78, 5) is 0.920. The Hall–Kier alpha value is -0.680. The quantitative estimate of drug-likeness (QED) is 0.777. The van der Waals surface area contributed by atoms with Crippen molar-refractivity contribution in [3.63, 3.8) is 0 Å². The van der Waals surface area contributed by atoms with Crippen molar-refractivity contribution in [2.75, 3.05) is 6.26 Å². The van der Waals surface area contributed by atoms with Crippen molar-refractivity contribution >= 4 is 11.8 Å². The minimum Gasteiger partial charge on any atom is -0.316 e. The molecule has 1 aromatic carbocycles. The monoisotopic (exact) mass is 221 g/mol. The molecule has 5 heteroatoms. The summed E-state index contributed by atoms with van der Waals surface area (Å²) in [6.07, 6.45) is -2.51. The summed E-state index contributed by atoms with van der Waals surface area (Å²) in [5.74, 6) is 0. The lowest BCUT2D eigenvalue weighted by molar-refractivity contribution is -0.149. The van der Waals surface area contributed by atoms with Gasteiger partial charge in [0.15, 0.2) is 0 Å². The molecule has 0 aliphatic rings. The molecule has 0 spiro atoms. The summed E-state index contributed by atoms with van der Waals surface area (Å²) in [5, 5.41) is 0. The Morgan fingerprint density at radius 2 is 1.71 bits per heavy atom. The Bertz CT molecular complexity index is 294. The van der Waals surface area contributed by atoms with Gasteiger partial charge in [0.2, 0.25) is 0 Å². The third kappa shape index (κ3) is 2.65. The maximum Gasteiger partial charge on any atom is 0.407 e. The first kappa shape index (κ1) is 11.4. The van der Waals surface area contributed by atoms with Gasteiger partial charge in [0.05, 0.1) is 0 Å². The molecule has 0 aromatic heterocycles. The van der Waals surface area contributed by atoms with Crippen molar-refractivity contribution in [1.82, 2.24) is 0 Å². The van der Waals surface area contributed by atoms with Gasteiger partial charge in [-0.15, -0.1) is 11.8 Å². The lowest BCUT2D eigenvalue weighted by atomic mass is 10.1. The smallest absolute Gasteiger partial charge is 0.316 e. The van der Waals surface area contributed by atoms with E-state index in [4.69, 9.17) is 5.73 Å². The average Bonchev–Trinajstić information content (AvgIpc) is 2.15. The molecule has 1 rings (SSSR count). The molecule has 0 bridgehead atoms. The first-order chi connectivity index (χ1) is 6.45. The first-order valence-electron chi connectivity index (χ1n) is 3.91. The van der Waals surface area contributed by atoms with Gasteiger partial charge in [-0.3, -0.25) is 0 Å². The van der Waals surface area contributed by atoms with E-state index in [-0.39, 0.29) is 5.56 Å². The highest BCUT2D eigenvalue weighted by Gasteiger charge is 2.37. The minimum atomic E-state index is -4.37. The molecule has 1 atom stereocenters. The fraction of sp³-hybridized carbons (Fsp3) is 0.333. The molecule has 2 N–H and O–H groups in total. The van der Waals surface area contributed by atoms with E-state index < -0.39 is 12.2 Å². The minimum absolute atomic E-state index is 0.0929. The van der Waals surface area contributed by atoms with Crippen LogP contribution in [0.2, 0.25) is 0 Å². The number of benzene rings is 1. The van der Waals surface area contributed by atoms with E-state index in [1.165, 1.54) is 23.9 Å². The molecule has 0 heterocycles. The summed E-state index contributed by atoms with van der Waals surface area (Å²) >= 11 is 1.47. The number of rotatable bonds is 2. The van der Waals surface area contributed by atoms with Crippen molar-refractivity contribution in [1.29, 1.82) is 0 Å². The van der Waals surface area contributed by atoms with E-state index in [2.05, 4.69) is 0 Å². The SMILES string of the molecule is CSc1ccc([C@@H](N)C(F)(F)F)cc1. The number of halogens is 3. The van der Waals surface area contributed by atoms with E-state index in [1.807, 2.05) is 6.26 Å². The summed E-state index contributed by atoms with van der Waals surface area (Å²) in [7, 11) is 0. The van der Waals surface area contributed by atoms with Crippen LogP contribution < -0.4 is 5.73 Å². The van der Waals surface area contributed by atoms with Crippen molar-refractivity contribution in [3.05, 3.63) is 29.8 Å². The molecule has 0 fully saturated rings. The van der Waals surface area contributed by atoms with Crippen LogP contribution in [0, 0.1) is 0 Å². The van der Waals surface area contributed by atoms with Crippen LogP contribution in [0.15, 0.2) is 29.2 Å². The van der Waals surface area contributed by atoms with Crippen LogP contribution in [-0.2, 0) is 0 Å². The second-order valence-electron chi connectivity index (χ2n) is 2.79. The molecule has 14 heavy (non-hydrogen) atoms. The second kappa shape index (κ2) is 4.23. The van der Waals surface area contributed by atoms with Gasteiger partial charge in [0.1, 0.15) is 6.04 Å². The highest BCUT2D eigenvalue weighted by Crippen LogP contribution is 2.30. The Morgan fingerprint density at radius 3 is 2.07 bits per heavy atom. The molecule has 0 saturated heterocycles. The van der Waals surface area contributed by atoms with Gasteiger partial charge < -0.3 is 5.73 Å². The van der Waals surface area contributed by atoms with Crippen LogP contribution in [0.1, 0.15) is 11.6 Å². The Morgan fingerprint density at radius 1 is 1.21 bits per heavy atom. The molecule has 0 amide bonds. The molecule has 0 saturated carbocycles. The lowest BCUT2D eigenvalue weighted by Gasteiger charge is -2.15. The second-order valence-corrected chi connectivity index (χ2v) is 3.67. The zero-order valence-corrected chi connectivity index (χ0v) is 8.32. The predicted molar refractivity (Wildman–Crippen MR) is 51.2 cm³/mol. The van der Waals surface area contributed by atoms with Crippen molar-refractivity contribution in [3.8, 4) is 0 Å². The largest absolute Gasteiger partial charge is 0.407 e. The van der Waals surface area contributed by atoms with Crippen LogP contribution in [0.4, 0.5) is 13.2 Å². The van der Waals surface area contributed by atoms with Gasteiger partial charge in [-0.2, -0.15) is 13.2 Å². The maximum absolute atomic E-state index is 12.2. The molecule has 1 aromatic rings. The third-order valence-corrected chi connectivity index (χ3v) is 2.57. The Kier molecular flexibility index (Phi) is 3.44. The molecule has 0 unspecified atom stereocenters. The number of hydrogen-bond donors (Lipinski definition) is 1. The first-order valence-corrected chi connectivity index (χ1v) is 5.14. The van der Waals surface area contributed by atoms with Gasteiger partial charge in [-0.25, -0.2) is 0 Å². The predicted octanol–water partition coefficient (Wildman–Crippen LogP) is 2.97. The fourth-order valence-electron chi connectivity index (χ4n) is 1.00. The highest BCUT2D eigenvalue weighted by molar-refractivity contribution is 7.98. The Balaban J connectivity index is 2.87. The van der Waals surface area contributed by atoms with Crippen molar-refractivity contribution in [2.45, 2.75) is 17.1 Å². The van der Waals surface area contributed by atoms with Crippen LogP contribution in [0.3, 0.4) is 0 Å². The molecular weight excluding hydrogens is 211 g/mol. The van der Waals surface area contributed by atoms with Gasteiger partial charge >= 0.3 is 6.18 Å². The summed E-state index contributed by atoms with van der Waals surface area (Å²) in [5.41, 5.74) is 5.12. The van der Waals surface area contributed by atoms with E-state index in [9.17, 15) is 13.2 Å². The van der Waals surface area contributed by atoms with Gasteiger partial charge in [0, 0.05) is 4.90 Å². The lowest BCUT2D eigenvalue weighted by Crippen LogP contribution is -2.28. The van der Waals surface area contributed by atoms with E-state index in [0.717, 1.165) is 4.90 Å². The molecular formula is C9H10F3NS. The third-order valence-electron chi connectivity index (χ3n) is 1.83. The topological polar surface area (TPSA) is 26.0 Å². The summed E-state index contributed by atoms with van der Waals surface area (Å²) < 4.78 is 36.6. The maximum atomic E-state index is 12.2. The normalized spacial score (nSPS) is 14.1. The van der Waals surface area contributed by atoms with Gasteiger partial charge in [-0.1, -0.05) is 12.1 Å². The zero-order chi connectivity index (χ0) is 10.8. The van der Waals surface area contributed by atoms with Crippen LogP contribution >= 0.6 is 11.8 Å². The average molecular weight is 221 g/mol. The number of thioether (sulfide) groups is 1. The fourth-order valence-corrected chi connectivity index (χ4v) is 1.41. The summed E-state index contributed by atoms with van der Waals surface area (Å²) in [6, 6.07) is 4.18. The van der Waals surface area contributed by atoms with Crippen molar-refractivity contribution < 1.29 is 13.2 Å². The highest BCUT2D eigenvalue weighted by atomic mass is 32.2. The molecule has 0 aliphatic heterocycles. The van der Waals surface area contributed by atoms with Gasteiger partial charge in [-0.05, 0) is 24.0 Å². The number of nitrogens with two attached hydrogens (primary N) is 1. The van der Waals surface area contributed by atoms with E-state index in [0.29, 0.717) is 0 Å².